The van der Waals surface area contributed by atoms with E-state index in [4.69, 9.17) is 5.11 Å². The summed E-state index contributed by atoms with van der Waals surface area (Å²) in [5.74, 6) is -1.44. The molecule has 0 saturated carbocycles. The van der Waals surface area contributed by atoms with Gasteiger partial charge in [-0.2, -0.15) is 0 Å². The van der Waals surface area contributed by atoms with Crippen molar-refractivity contribution < 1.29 is 14.7 Å². The third-order valence-corrected chi connectivity index (χ3v) is 4.44. The summed E-state index contributed by atoms with van der Waals surface area (Å²) in [6.07, 6.45) is 0. The van der Waals surface area contributed by atoms with Crippen LogP contribution in [0, 0.1) is 0 Å². The minimum Gasteiger partial charge on any atom is -0.481 e. The van der Waals surface area contributed by atoms with E-state index in [0.29, 0.717) is 12.1 Å². The summed E-state index contributed by atoms with van der Waals surface area (Å²) < 4.78 is 0.950. The Kier molecular flexibility index (Phi) is 3.74. The predicted molar refractivity (Wildman–Crippen MR) is 87.1 cm³/mol. The second kappa shape index (κ2) is 5.57. The van der Waals surface area contributed by atoms with E-state index in [-0.39, 0.29) is 5.91 Å². The highest BCUT2D eigenvalue weighted by atomic mass is 79.9. The molecule has 4 nitrogen and oxygen atoms in total. The number of anilines is 1. The molecule has 1 heterocycles. The van der Waals surface area contributed by atoms with Crippen LogP contribution in [0.4, 0.5) is 5.69 Å². The van der Waals surface area contributed by atoms with Crippen molar-refractivity contribution in [2.24, 2.45) is 0 Å². The first-order valence-corrected chi connectivity index (χ1v) is 7.69. The number of benzene rings is 2. The zero-order chi connectivity index (χ0) is 15.9. The molecule has 0 radical (unpaired) electrons. The van der Waals surface area contributed by atoms with Crippen molar-refractivity contribution in [3.8, 4) is 0 Å². The molecule has 22 heavy (non-hydrogen) atoms. The van der Waals surface area contributed by atoms with Crippen LogP contribution in [0.15, 0.2) is 46.9 Å². The molecule has 0 spiro atoms. The molecule has 2 aromatic carbocycles. The van der Waals surface area contributed by atoms with Gasteiger partial charge in [-0.25, -0.2) is 0 Å². The first-order chi connectivity index (χ1) is 10.5. The lowest BCUT2D eigenvalue weighted by atomic mass is 10.0. The van der Waals surface area contributed by atoms with Gasteiger partial charge in [-0.05, 0) is 48.4 Å². The highest BCUT2D eigenvalue weighted by molar-refractivity contribution is 9.10. The molecule has 1 N–H and O–H groups in total. The summed E-state index contributed by atoms with van der Waals surface area (Å²) in [6, 6.07) is 12.8. The number of nitrogens with zero attached hydrogens (tertiary/aromatic N) is 1. The van der Waals surface area contributed by atoms with Crippen LogP contribution in [0.3, 0.4) is 0 Å². The van der Waals surface area contributed by atoms with Crippen LogP contribution < -0.4 is 4.90 Å². The topological polar surface area (TPSA) is 57.6 Å². The standard InChI is InChI=1S/C17H14BrNO3/c1-10(17(21)22)11-2-5-14(6-3-11)19-9-12-8-13(18)4-7-15(12)16(19)20/h2-8,10H,9H2,1H3,(H,21,22). The molecule has 0 aromatic heterocycles. The van der Waals surface area contributed by atoms with Gasteiger partial charge in [0, 0.05) is 15.7 Å². The summed E-state index contributed by atoms with van der Waals surface area (Å²) in [6.45, 7) is 2.17. The van der Waals surface area contributed by atoms with Gasteiger partial charge in [-0.3, -0.25) is 9.59 Å². The van der Waals surface area contributed by atoms with Gasteiger partial charge in [0.15, 0.2) is 0 Å². The largest absolute Gasteiger partial charge is 0.481 e. The maximum atomic E-state index is 12.5. The van der Waals surface area contributed by atoms with E-state index in [2.05, 4.69) is 15.9 Å². The average molecular weight is 360 g/mol. The minimum atomic E-state index is -0.859. The Balaban J connectivity index is 1.87. The molecule has 0 bridgehead atoms. The SMILES string of the molecule is CC(C(=O)O)c1ccc(N2Cc3cc(Br)ccc3C2=O)cc1. The van der Waals surface area contributed by atoms with Gasteiger partial charge in [0.05, 0.1) is 12.5 Å². The Morgan fingerprint density at radius 2 is 1.91 bits per heavy atom. The molecule has 5 heteroatoms. The molecule has 1 amide bonds. The number of halogens is 1. The normalized spacial score (nSPS) is 14.8. The van der Waals surface area contributed by atoms with Crippen LogP contribution in [0.25, 0.3) is 0 Å². The fraction of sp³-hybridized carbons (Fsp3) is 0.176. The van der Waals surface area contributed by atoms with Crippen molar-refractivity contribution in [1.29, 1.82) is 0 Å². The van der Waals surface area contributed by atoms with Crippen LogP contribution in [0.1, 0.15) is 34.3 Å². The average Bonchev–Trinajstić information content (AvgIpc) is 2.83. The summed E-state index contributed by atoms with van der Waals surface area (Å²) in [4.78, 5) is 25.2. The van der Waals surface area contributed by atoms with Gasteiger partial charge < -0.3 is 10.0 Å². The van der Waals surface area contributed by atoms with Gasteiger partial charge >= 0.3 is 5.97 Å². The van der Waals surface area contributed by atoms with E-state index in [0.717, 1.165) is 21.3 Å². The van der Waals surface area contributed by atoms with Crippen molar-refractivity contribution >= 4 is 33.5 Å². The van der Waals surface area contributed by atoms with E-state index in [1.54, 1.807) is 36.1 Å². The van der Waals surface area contributed by atoms with Crippen molar-refractivity contribution in [1.82, 2.24) is 0 Å². The van der Waals surface area contributed by atoms with Gasteiger partial charge in [0.1, 0.15) is 0 Å². The van der Waals surface area contributed by atoms with E-state index in [1.807, 2.05) is 18.2 Å². The summed E-state index contributed by atoms with van der Waals surface area (Å²) >= 11 is 3.41. The Morgan fingerprint density at radius 3 is 2.55 bits per heavy atom. The molecule has 1 atom stereocenters. The van der Waals surface area contributed by atoms with E-state index < -0.39 is 11.9 Å². The Hall–Kier alpha value is -2.14. The highest BCUT2D eigenvalue weighted by Crippen LogP contribution is 2.31. The Morgan fingerprint density at radius 1 is 1.23 bits per heavy atom. The van der Waals surface area contributed by atoms with Crippen molar-refractivity contribution in [3.63, 3.8) is 0 Å². The van der Waals surface area contributed by atoms with Crippen LogP contribution in [-0.4, -0.2) is 17.0 Å². The molecule has 0 fully saturated rings. The van der Waals surface area contributed by atoms with E-state index >= 15 is 0 Å². The van der Waals surface area contributed by atoms with Crippen LogP contribution in [-0.2, 0) is 11.3 Å². The number of carbonyl (C=O) groups excluding carboxylic acids is 1. The number of carboxylic acid groups (broad SMARTS) is 1. The van der Waals surface area contributed by atoms with Gasteiger partial charge in [0.2, 0.25) is 0 Å². The molecular weight excluding hydrogens is 346 g/mol. The number of carboxylic acids is 1. The lowest BCUT2D eigenvalue weighted by Gasteiger charge is -2.16. The molecule has 1 aliphatic rings. The summed E-state index contributed by atoms with van der Waals surface area (Å²) in [5.41, 5.74) is 3.20. The van der Waals surface area contributed by atoms with Crippen molar-refractivity contribution in [2.75, 3.05) is 4.90 Å². The number of hydrogen-bond donors (Lipinski definition) is 1. The van der Waals surface area contributed by atoms with Crippen molar-refractivity contribution in [2.45, 2.75) is 19.4 Å². The van der Waals surface area contributed by atoms with E-state index in [9.17, 15) is 9.59 Å². The maximum Gasteiger partial charge on any atom is 0.310 e. The Bertz CT molecular complexity index is 755. The molecule has 3 rings (SSSR count). The first-order valence-electron chi connectivity index (χ1n) is 6.90. The summed E-state index contributed by atoms with van der Waals surface area (Å²) in [7, 11) is 0. The maximum absolute atomic E-state index is 12.5. The summed E-state index contributed by atoms with van der Waals surface area (Å²) in [5, 5.41) is 9.03. The lowest BCUT2D eigenvalue weighted by molar-refractivity contribution is -0.138. The molecule has 1 unspecified atom stereocenters. The second-order valence-electron chi connectivity index (χ2n) is 5.34. The van der Waals surface area contributed by atoms with Gasteiger partial charge in [-0.15, -0.1) is 0 Å². The predicted octanol–water partition coefficient (Wildman–Crippen LogP) is 3.80. The smallest absolute Gasteiger partial charge is 0.310 e. The van der Waals surface area contributed by atoms with Crippen LogP contribution in [0.5, 0.6) is 0 Å². The number of amides is 1. The number of fused-ring (bicyclic) bond motifs is 1. The fourth-order valence-electron chi connectivity index (χ4n) is 2.58. The fourth-order valence-corrected chi connectivity index (χ4v) is 2.99. The minimum absolute atomic E-state index is 0.0264. The van der Waals surface area contributed by atoms with Crippen LogP contribution in [0.2, 0.25) is 0 Å². The zero-order valence-corrected chi connectivity index (χ0v) is 13.5. The van der Waals surface area contributed by atoms with Crippen molar-refractivity contribution in [3.05, 3.63) is 63.6 Å². The number of hydrogen-bond acceptors (Lipinski definition) is 2. The molecular formula is C17H14BrNO3. The zero-order valence-electron chi connectivity index (χ0n) is 11.9. The highest BCUT2D eigenvalue weighted by Gasteiger charge is 2.28. The van der Waals surface area contributed by atoms with Crippen LogP contribution >= 0.6 is 15.9 Å². The third kappa shape index (κ3) is 2.52. The van der Waals surface area contributed by atoms with Gasteiger partial charge in [-0.1, -0.05) is 28.1 Å². The van der Waals surface area contributed by atoms with Gasteiger partial charge in [0.25, 0.3) is 5.91 Å². The quantitative estimate of drug-likeness (QED) is 0.906. The van der Waals surface area contributed by atoms with E-state index in [1.165, 1.54) is 0 Å². The lowest BCUT2D eigenvalue weighted by Crippen LogP contribution is -2.23. The molecule has 2 aromatic rings. The molecule has 1 aliphatic heterocycles. The first kappa shape index (κ1) is 14.8. The molecule has 0 saturated heterocycles. The number of carbonyl (C=O) groups is 2. The molecule has 112 valence electrons. The monoisotopic (exact) mass is 359 g/mol. The third-order valence-electron chi connectivity index (χ3n) is 3.95. The second-order valence-corrected chi connectivity index (χ2v) is 6.26. The Labute approximate surface area is 136 Å². The number of aliphatic carboxylic acids is 1. The molecule has 0 aliphatic carbocycles. The number of rotatable bonds is 3.